The summed E-state index contributed by atoms with van der Waals surface area (Å²) in [6, 6.07) is 4.91. The van der Waals surface area contributed by atoms with Gasteiger partial charge in [0.25, 0.3) is 0 Å². The number of hydrogen-bond acceptors (Lipinski definition) is 4. The number of sulfonamides is 1. The number of para-hydroxylation sites is 1. The van der Waals surface area contributed by atoms with Crippen molar-refractivity contribution < 1.29 is 23.1 Å². The van der Waals surface area contributed by atoms with E-state index in [1.807, 2.05) is 13.8 Å². The van der Waals surface area contributed by atoms with Crippen molar-refractivity contribution in [3.63, 3.8) is 0 Å². The molecule has 0 aromatic heterocycles. The van der Waals surface area contributed by atoms with E-state index in [1.54, 1.807) is 12.1 Å². The molecule has 0 bridgehead atoms. The highest BCUT2D eigenvalue weighted by atomic mass is 32.2. The van der Waals surface area contributed by atoms with Crippen LogP contribution in [0.3, 0.4) is 0 Å². The molecule has 7 heteroatoms. The summed E-state index contributed by atoms with van der Waals surface area (Å²) in [5, 5.41) is 9.10. The molecule has 0 heterocycles. The van der Waals surface area contributed by atoms with Crippen molar-refractivity contribution in [3.05, 3.63) is 24.3 Å². The summed E-state index contributed by atoms with van der Waals surface area (Å²) in [6.07, 6.45) is 0.212. The van der Waals surface area contributed by atoms with Crippen molar-refractivity contribution in [3.8, 4) is 5.75 Å². The molecule has 1 atom stereocenters. The minimum Gasteiger partial charge on any atom is -0.495 e. The fourth-order valence-corrected chi connectivity index (χ4v) is 3.13. The minimum atomic E-state index is -3.95. The first-order chi connectivity index (χ1) is 9.27. The highest BCUT2D eigenvalue weighted by Gasteiger charge is 2.27. The molecule has 0 fully saturated rings. The van der Waals surface area contributed by atoms with Crippen LogP contribution in [0.2, 0.25) is 0 Å². The minimum absolute atomic E-state index is 0.0523. The molecule has 1 aromatic carbocycles. The average Bonchev–Trinajstić information content (AvgIpc) is 2.37. The van der Waals surface area contributed by atoms with E-state index in [2.05, 4.69) is 4.72 Å². The van der Waals surface area contributed by atoms with Crippen LogP contribution in [-0.4, -0.2) is 32.6 Å². The Morgan fingerprint density at radius 1 is 1.35 bits per heavy atom. The third kappa shape index (κ3) is 4.21. The molecule has 0 aliphatic carbocycles. The molecule has 0 unspecified atom stereocenters. The number of benzene rings is 1. The van der Waals surface area contributed by atoms with E-state index in [4.69, 9.17) is 9.84 Å². The smallest absolute Gasteiger partial charge is 0.321 e. The summed E-state index contributed by atoms with van der Waals surface area (Å²) >= 11 is 0. The number of carboxylic acids is 1. The summed E-state index contributed by atoms with van der Waals surface area (Å²) in [6.45, 7) is 3.65. The zero-order chi connectivity index (χ0) is 15.3. The van der Waals surface area contributed by atoms with Gasteiger partial charge in [0.1, 0.15) is 16.7 Å². The summed E-state index contributed by atoms with van der Waals surface area (Å²) in [4.78, 5) is 11.1. The Bertz CT molecular complexity index is 568. The number of rotatable bonds is 7. The van der Waals surface area contributed by atoms with E-state index < -0.39 is 22.0 Å². The van der Waals surface area contributed by atoms with Gasteiger partial charge in [0.15, 0.2) is 0 Å². The maximum Gasteiger partial charge on any atom is 0.321 e. The largest absolute Gasteiger partial charge is 0.495 e. The average molecular weight is 301 g/mol. The van der Waals surface area contributed by atoms with Crippen LogP contribution < -0.4 is 9.46 Å². The lowest BCUT2D eigenvalue weighted by Crippen LogP contribution is -2.41. The van der Waals surface area contributed by atoms with Gasteiger partial charge in [-0.25, -0.2) is 8.42 Å². The van der Waals surface area contributed by atoms with Crippen molar-refractivity contribution in [2.45, 2.75) is 31.2 Å². The van der Waals surface area contributed by atoms with E-state index >= 15 is 0 Å². The van der Waals surface area contributed by atoms with Crippen LogP contribution in [0.5, 0.6) is 5.75 Å². The zero-order valence-electron chi connectivity index (χ0n) is 11.7. The lowest BCUT2D eigenvalue weighted by atomic mass is 10.1. The van der Waals surface area contributed by atoms with Crippen LogP contribution in [-0.2, 0) is 14.8 Å². The third-order valence-corrected chi connectivity index (χ3v) is 4.17. The van der Waals surface area contributed by atoms with Gasteiger partial charge in [0, 0.05) is 0 Å². The van der Waals surface area contributed by atoms with Crippen molar-refractivity contribution in [2.24, 2.45) is 5.92 Å². The lowest BCUT2D eigenvalue weighted by molar-refractivity contribution is -0.139. The van der Waals surface area contributed by atoms with Gasteiger partial charge in [0.2, 0.25) is 10.0 Å². The molecule has 1 aromatic rings. The Hall–Kier alpha value is -1.60. The summed E-state index contributed by atoms with van der Waals surface area (Å²) in [5.74, 6) is -0.970. The fourth-order valence-electron chi connectivity index (χ4n) is 1.76. The van der Waals surface area contributed by atoms with Gasteiger partial charge in [-0.3, -0.25) is 4.79 Å². The number of nitrogens with one attached hydrogen (secondary N) is 1. The van der Waals surface area contributed by atoms with E-state index in [-0.39, 0.29) is 23.0 Å². The van der Waals surface area contributed by atoms with Crippen molar-refractivity contribution in [2.75, 3.05) is 7.11 Å². The van der Waals surface area contributed by atoms with Crippen LogP contribution in [0, 0.1) is 5.92 Å². The quantitative estimate of drug-likeness (QED) is 0.795. The van der Waals surface area contributed by atoms with Crippen LogP contribution in [0.15, 0.2) is 29.2 Å². The molecule has 1 rings (SSSR count). The molecule has 112 valence electrons. The van der Waals surface area contributed by atoms with Crippen LogP contribution in [0.25, 0.3) is 0 Å². The molecular formula is C13H19NO5S. The second-order valence-electron chi connectivity index (χ2n) is 4.79. The van der Waals surface area contributed by atoms with Crippen molar-refractivity contribution in [1.82, 2.24) is 4.72 Å². The second-order valence-corrected chi connectivity index (χ2v) is 6.47. The number of carbonyl (C=O) groups is 1. The number of ether oxygens (including phenoxy) is 1. The first-order valence-corrected chi connectivity index (χ1v) is 7.64. The molecule has 0 aliphatic heterocycles. The van der Waals surface area contributed by atoms with Gasteiger partial charge in [0.05, 0.1) is 7.11 Å². The van der Waals surface area contributed by atoms with Gasteiger partial charge < -0.3 is 9.84 Å². The van der Waals surface area contributed by atoms with E-state index in [1.165, 1.54) is 19.2 Å². The van der Waals surface area contributed by atoms with Gasteiger partial charge in [-0.15, -0.1) is 0 Å². The van der Waals surface area contributed by atoms with Gasteiger partial charge >= 0.3 is 5.97 Å². The first kappa shape index (κ1) is 16.5. The molecule has 6 nitrogen and oxygen atoms in total. The van der Waals surface area contributed by atoms with Crippen LogP contribution in [0.1, 0.15) is 20.3 Å². The number of hydrogen-bond donors (Lipinski definition) is 2. The van der Waals surface area contributed by atoms with E-state index in [0.29, 0.717) is 0 Å². The highest BCUT2D eigenvalue weighted by Crippen LogP contribution is 2.23. The SMILES string of the molecule is COc1ccccc1S(=O)(=O)N[C@H](CC(C)C)C(=O)O. The summed E-state index contributed by atoms with van der Waals surface area (Å²) < 4.78 is 31.7. The van der Waals surface area contributed by atoms with E-state index in [9.17, 15) is 13.2 Å². The molecular weight excluding hydrogens is 282 g/mol. The molecule has 0 spiro atoms. The standard InChI is InChI=1S/C13H19NO5S/c1-9(2)8-10(13(15)16)14-20(17,18)12-7-5-4-6-11(12)19-3/h4-7,9-10,14H,8H2,1-3H3,(H,15,16)/t10-/m1/s1. The monoisotopic (exact) mass is 301 g/mol. The Labute approximate surface area is 118 Å². The third-order valence-electron chi connectivity index (χ3n) is 2.66. The van der Waals surface area contributed by atoms with Crippen molar-refractivity contribution >= 4 is 16.0 Å². The molecule has 0 aliphatic rings. The number of carboxylic acid groups (broad SMARTS) is 1. The topological polar surface area (TPSA) is 92.7 Å². The van der Waals surface area contributed by atoms with Gasteiger partial charge in [-0.2, -0.15) is 4.72 Å². The predicted octanol–water partition coefficient (Wildman–Crippen LogP) is 1.47. The molecule has 20 heavy (non-hydrogen) atoms. The van der Waals surface area contributed by atoms with Gasteiger partial charge in [-0.1, -0.05) is 26.0 Å². The Morgan fingerprint density at radius 3 is 2.45 bits per heavy atom. The number of methoxy groups -OCH3 is 1. The zero-order valence-corrected chi connectivity index (χ0v) is 12.5. The molecule has 0 saturated carbocycles. The maximum absolute atomic E-state index is 12.3. The van der Waals surface area contributed by atoms with Gasteiger partial charge in [-0.05, 0) is 24.5 Å². The fraction of sp³-hybridized carbons (Fsp3) is 0.462. The maximum atomic E-state index is 12.3. The van der Waals surface area contributed by atoms with Crippen molar-refractivity contribution in [1.29, 1.82) is 0 Å². The summed E-state index contributed by atoms with van der Waals surface area (Å²) in [7, 11) is -2.59. The van der Waals surface area contributed by atoms with Crippen LogP contribution in [0.4, 0.5) is 0 Å². The Balaban J connectivity index is 3.07. The highest BCUT2D eigenvalue weighted by molar-refractivity contribution is 7.89. The van der Waals surface area contributed by atoms with Crippen LogP contribution >= 0.6 is 0 Å². The van der Waals surface area contributed by atoms with E-state index in [0.717, 1.165) is 0 Å². The number of aliphatic carboxylic acids is 1. The summed E-state index contributed by atoms with van der Waals surface area (Å²) in [5.41, 5.74) is 0. The molecule has 0 radical (unpaired) electrons. The second kappa shape index (κ2) is 6.71. The Kier molecular flexibility index (Phi) is 5.52. The lowest BCUT2D eigenvalue weighted by Gasteiger charge is -2.17. The molecule has 0 amide bonds. The predicted molar refractivity (Wildman–Crippen MR) is 74.2 cm³/mol. The molecule has 0 saturated heterocycles. The first-order valence-electron chi connectivity index (χ1n) is 6.16. The normalized spacial score (nSPS) is 13.2. The Morgan fingerprint density at radius 2 is 1.95 bits per heavy atom. The molecule has 2 N–H and O–H groups in total.